The standard InChI is InChI=1S/C31H37N5O5/c1-4-29(38)35-11-12-36(20(2)17-35)31(41-19-24-18-40-30(39)34(24)3)32-16-23-10-9-22(14-28(23)33-31)27-15-25(37)13-21-7-5-6-8-26(21)27/h4-8,13,15-16,20,22,24,33,37H,1,9-12,14,17-19H2,2-3H3/t20-,22?,24-,31+/m0/s1. The number of rotatable bonds is 6. The Bertz CT molecular complexity index is 1440. The molecule has 10 nitrogen and oxygen atoms in total. The molecule has 2 fully saturated rings. The maximum absolute atomic E-state index is 12.4. The summed E-state index contributed by atoms with van der Waals surface area (Å²) < 4.78 is 11.8. The maximum Gasteiger partial charge on any atom is 0.410 e. The van der Waals surface area contributed by atoms with Crippen LogP contribution in [0.15, 0.2) is 65.3 Å². The summed E-state index contributed by atoms with van der Waals surface area (Å²) >= 11 is 0. The fourth-order valence-electron chi connectivity index (χ4n) is 6.50. The SMILES string of the molecule is C=CC(=O)N1CCN([C@@]2(OC[C@@H]3COC(=O)N3C)N=CC3=C(CC(c4cc(O)cc5ccccc45)CC3)N2)[C@@H](C)C1. The lowest BCUT2D eigenvalue weighted by Crippen LogP contribution is -2.68. The van der Waals surface area contributed by atoms with Crippen molar-refractivity contribution >= 4 is 29.0 Å². The van der Waals surface area contributed by atoms with E-state index in [0.29, 0.717) is 19.6 Å². The van der Waals surface area contributed by atoms with E-state index in [1.54, 1.807) is 16.8 Å². The number of amides is 2. The highest BCUT2D eigenvalue weighted by Gasteiger charge is 2.47. The first-order chi connectivity index (χ1) is 19.8. The summed E-state index contributed by atoms with van der Waals surface area (Å²) in [7, 11) is 1.71. The number of carbonyl (C=O) groups excluding carboxylic acids is 2. The highest BCUT2D eigenvalue weighted by molar-refractivity contribution is 5.88. The first-order valence-corrected chi connectivity index (χ1v) is 14.3. The van der Waals surface area contributed by atoms with E-state index in [1.165, 1.54) is 6.08 Å². The summed E-state index contributed by atoms with van der Waals surface area (Å²) in [6.07, 6.45) is 5.45. The minimum absolute atomic E-state index is 0.0620. The minimum atomic E-state index is -1.20. The van der Waals surface area contributed by atoms with E-state index in [-0.39, 0.29) is 49.0 Å². The Kier molecular flexibility index (Phi) is 7.21. The first kappa shape index (κ1) is 27.3. The zero-order valence-electron chi connectivity index (χ0n) is 23.6. The topological polar surface area (TPSA) is 107 Å². The van der Waals surface area contributed by atoms with Gasteiger partial charge in [0.05, 0.1) is 12.6 Å². The number of fused-ring (bicyclic) bond motifs is 1. The zero-order valence-corrected chi connectivity index (χ0v) is 23.6. The second kappa shape index (κ2) is 10.8. The Morgan fingerprint density at radius 2 is 2.15 bits per heavy atom. The van der Waals surface area contributed by atoms with Gasteiger partial charge in [-0.2, -0.15) is 0 Å². The third kappa shape index (κ3) is 5.06. The van der Waals surface area contributed by atoms with E-state index in [1.807, 2.05) is 36.5 Å². The van der Waals surface area contributed by atoms with Crippen molar-refractivity contribution < 1.29 is 24.2 Å². The molecule has 4 aliphatic rings. The number of phenols is 1. The predicted octanol–water partition coefficient (Wildman–Crippen LogP) is 3.54. The van der Waals surface area contributed by atoms with Gasteiger partial charge >= 0.3 is 12.1 Å². The molecule has 4 atom stereocenters. The number of piperazine rings is 1. The molecule has 0 aromatic heterocycles. The monoisotopic (exact) mass is 559 g/mol. The van der Waals surface area contributed by atoms with E-state index in [4.69, 9.17) is 14.5 Å². The van der Waals surface area contributed by atoms with E-state index in [0.717, 1.165) is 46.9 Å². The number of aliphatic imine (C=N–C) groups is 1. The van der Waals surface area contributed by atoms with Crippen LogP contribution < -0.4 is 5.32 Å². The van der Waals surface area contributed by atoms with Gasteiger partial charge in [0, 0.05) is 44.6 Å². The summed E-state index contributed by atoms with van der Waals surface area (Å²) in [6, 6.07) is 11.6. The lowest BCUT2D eigenvalue weighted by atomic mass is 9.80. The van der Waals surface area contributed by atoms with Gasteiger partial charge in [-0.3, -0.25) is 4.79 Å². The number of hydrogen-bond donors (Lipinski definition) is 2. The highest BCUT2D eigenvalue weighted by atomic mass is 16.6. The summed E-state index contributed by atoms with van der Waals surface area (Å²) in [4.78, 5) is 34.8. The number of aromatic hydroxyl groups is 1. The fourth-order valence-corrected chi connectivity index (χ4v) is 6.50. The van der Waals surface area contributed by atoms with Crippen molar-refractivity contribution in [1.82, 2.24) is 20.0 Å². The number of allylic oxidation sites excluding steroid dienone is 2. The Hall–Kier alpha value is -3.89. The normalized spacial score (nSPS) is 28.4. The number of nitrogens with one attached hydrogen (secondary N) is 1. The van der Waals surface area contributed by atoms with Gasteiger partial charge < -0.3 is 29.7 Å². The average Bonchev–Trinajstić information content (AvgIpc) is 3.31. The number of phenolic OH excluding ortho intramolecular Hbond substituents is 1. The lowest BCUT2D eigenvalue weighted by Gasteiger charge is -2.50. The van der Waals surface area contributed by atoms with Gasteiger partial charge in [0.15, 0.2) is 0 Å². The molecule has 2 saturated heterocycles. The van der Waals surface area contributed by atoms with Crippen molar-refractivity contribution in [2.75, 3.05) is 39.9 Å². The van der Waals surface area contributed by atoms with Gasteiger partial charge in [0.2, 0.25) is 5.91 Å². The number of ether oxygens (including phenoxy) is 2. The van der Waals surface area contributed by atoms with Crippen molar-refractivity contribution in [2.24, 2.45) is 4.99 Å². The minimum Gasteiger partial charge on any atom is -0.508 e. The summed E-state index contributed by atoms with van der Waals surface area (Å²) in [5.74, 6) is -0.814. The molecule has 2 aromatic carbocycles. The summed E-state index contributed by atoms with van der Waals surface area (Å²) in [5, 5.41) is 16.4. The van der Waals surface area contributed by atoms with Crippen LogP contribution in [0.4, 0.5) is 4.79 Å². The Morgan fingerprint density at radius 1 is 1.32 bits per heavy atom. The van der Waals surface area contributed by atoms with Crippen LogP contribution in [0.25, 0.3) is 10.8 Å². The largest absolute Gasteiger partial charge is 0.508 e. The number of cyclic esters (lactones) is 1. The third-order valence-corrected chi connectivity index (χ3v) is 8.84. The zero-order chi connectivity index (χ0) is 28.7. The summed E-state index contributed by atoms with van der Waals surface area (Å²) in [5.41, 5.74) is 3.35. The van der Waals surface area contributed by atoms with Crippen LogP contribution in [-0.4, -0.2) is 96.0 Å². The molecule has 41 heavy (non-hydrogen) atoms. The molecule has 2 N–H and O–H groups in total. The molecule has 0 spiro atoms. The van der Waals surface area contributed by atoms with Gasteiger partial charge in [0.25, 0.3) is 0 Å². The number of nitrogens with zero attached hydrogens (tertiary/aromatic N) is 4. The summed E-state index contributed by atoms with van der Waals surface area (Å²) in [6.45, 7) is 7.77. The number of benzene rings is 2. The molecular formula is C31H37N5O5. The number of hydrogen-bond acceptors (Lipinski definition) is 8. The second-order valence-electron chi connectivity index (χ2n) is 11.4. The van der Waals surface area contributed by atoms with Gasteiger partial charge in [-0.1, -0.05) is 30.8 Å². The van der Waals surface area contributed by atoms with Crippen LogP contribution in [-0.2, 0) is 14.3 Å². The second-order valence-corrected chi connectivity index (χ2v) is 11.4. The van der Waals surface area contributed by atoms with Crippen LogP contribution >= 0.6 is 0 Å². The van der Waals surface area contributed by atoms with Gasteiger partial charge in [-0.25, -0.2) is 14.7 Å². The Balaban J connectivity index is 1.28. The highest BCUT2D eigenvalue weighted by Crippen LogP contribution is 2.42. The quantitative estimate of drug-likeness (QED) is 0.522. The molecule has 10 heteroatoms. The molecule has 3 heterocycles. The molecular weight excluding hydrogens is 522 g/mol. The van der Waals surface area contributed by atoms with E-state index in [2.05, 4.69) is 29.8 Å². The van der Waals surface area contributed by atoms with Gasteiger partial charge in [0.1, 0.15) is 12.4 Å². The van der Waals surface area contributed by atoms with Crippen molar-refractivity contribution in [1.29, 1.82) is 0 Å². The van der Waals surface area contributed by atoms with Crippen molar-refractivity contribution in [3.8, 4) is 5.75 Å². The van der Waals surface area contributed by atoms with E-state index >= 15 is 0 Å². The average molecular weight is 560 g/mol. The smallest absolute Gasteiger partial charge is 0.410 e. The number of carbonyl (C=O) groups is 2. The molecule has 2 amide bonds. The van der Waals surface area contributed by atoms with Crippen molar-refractivity contribution in [3.63, 3.8) is 0 Å². The van der Waals surface area contributed by atoms with Gasteiger partial charge in [-0.05, 0) is 72.2 Å². The Labute approximate surface area is 239 Å². The van der Waals surface area contributed by atoms with Crippen LogP contribution in [0.3, 0.4) is 0 Å². The molecule has 0 bridgehead atoms. The van der Waals surface area contributed by atoms with E-state index in [9.17, 15) is 14.7 Å². The van der Waals surface area contributed by atoms with Crippen LogP contribution in [0.2, 0.25) is 0 Å². The maximum atomic E-state index is 12.4. The molecule has 1 aliphatic carbocycles. The van der Waals surface area contributed by atoms with Crippen molar-refractivity contribution in [3.05, 3.63) is 65.9 Å². The molecule has 6 rings (SSSR count). The third-order valence-electron chi connectivity index (χ3n) is 8.84. The van der Waals surface area contributed by atoms with Crippen LogP contribution in [0, 0.1) is 0 Å². The molecule has 216 valence electrons. The molecule has 3 aliphatic heterocycles. The molecule has 0 saturated carbocycles. The van der Waals surface area contributed by atoms with Crippen LogP contribution in [0.5, 0.6) is 5.75 Å². The predicted molar refractivity (Wildman–Crippen MR) is 155 cm³/mol. The molecule has 1 unspecified atom stereocenters. The van der Waals surface area contributed by atoms with Gasteiger partial charge in [-0.15, -0.1) is 0 Å². The van der Waals surface area contributed by atoms with E-state index < -0.39 is 5.97 Å². The Morgan fingerprint density at radius 3 is 2.90 bits per heavy atom. The number of likely N-dealkylation sites (N-methyl/N-ethyl adjacent to an activating group) is 1. The molecule has 0 radical (unpaired) electrons. The first-order valence-electron chi connectivity index (χ1n) is 14.3. The fraction of sp³-hybridized carbons (Fsp3) is 0.452. The molecule has 2 aromatic rings. The lowest BCUT2D eigenvalue weighted by molar-refractivity contribution is -0.199. The van der Waals surface area contributed by atoms with Crippen molar-refractivity contribution in [2.45, 2.75) is 50.2 Å². The van der Waals surface area contributed by atoms with Crippen LogP contribution in [0.1, 0.15) is 37.7 Å².